The molecule has 0 saturated carbocycles. The Hall–Kier alpha value is -4.29. The molecule has 4 N–H and O–H groups in total. The van der Waals surface area contributed by atoms with Crippen molar-refractivity contribution in [2.24, 2.45) is 13.0 Å². The van der Waals surface area contributed by atoms with Crippen LogP contribution in [0.5, 0.6) is 11.5 Å². The number of aryl methyl sites for hydroxylation is 1. The first-order chi connectivity index (χ1) is 22.0. The Morgan fingerprint density at radius 3 is 2.23 bits per heavy atom. The van der Waals surface area contributed by atoms with Gasteiger partial charge in [-0.05, 0) is 74.9 Å². The second-order valence-electron chi connectivity index (χ2n) is 13.2. The topological polar surface area (TPSA) is 146 Å². The highest BCUT2D eigenvalue weighted by Crippen LogP contribution is 2.37. The van der Waals surface area contributed by atoms with Crippen LogP contribution in [0.2, 0.25) is 0 Å². The van der Waals surface area contributed by atoms with Crippen LogP contribution in [-0.4, -0.2) is 71.1 Å². The molecule has 0 saturated heterocycles. The number of amides is 2. The number of methoxy groups -OCH3 is 1. The van der Waals surface area contributed by atoms with Gasteiger partial charge in [-0.2, -0.15) is 0 Å². The van der Waals surface area contributed by atoms with Gasteiger partial charge in [-0.3, -0.25) is 9.80 Å². The summed E-state index contributed by atoms with van der Waals surface area (Å²) >= 11 is 0. The van der Waals surface area contributed by atoms with Crippen LogP contribution in [0.25, 0.3) is 10.9 Å². The zero-order chi connectivity index (χ0) is 35.5. The number of alkyl carbamates (subject to hydrolysis) is 1. The number of benzene rings is 2. The standard InChI is InChI=1S/C23H30N4O4.C12H23NO3/c1-15(2)18-11-19(22(30)12-21(18)29)23(24-27(13-28)14-31-5)26(4)17-6-7-20-16(10-17)8-9-25(20)3;1-9(2)10(7-6-8-14)13-11(15)16-12(3,4)5/h6-13,15,23-24,29-30H,14H2,1-5H3;8-10H,6-7H2,1-5H3,(H,13,15). The van der Waals surface area contributed by atoms with E-state index in [-0.39, 0.29) is 36.1 Å². The van der Waals surface area contributed by atoms with Crippen molar-refractivity contribution in [3.8, 4) is 11.5 Å². The first-order valence-corrected chi connectivity index (χ1v) is 15.8. The lowest BCUT2D eigenvalue weighted by molar-refractivity contribution is -0.127. The molecule has 0 radical (unpaired) electrons. The molecule has 0 aliphatic carbocycles. The van der Waals surface area contributed by atoms with Crippen molar-refractivity contribution in [3.05, 3.63) is 53.7 Å². The van der Waals surface area contributed by atoms with Gasteiger partial charge in [0, 0.05) is 68.1 Å². The number of hydrogen-bond donors (Lipinski definition) is 4. The Morgan fingerprint density at radius 1 is 1.02 bits per heavy atom. The molecule has 0 fully saturated rings. The number of aromatic nitrogens is 1. The van der Waals surface area contributed by atoms with E-state index >= 15 is 0 Å². The van der Waals surface area contributed by atoms with Crippen molar-refractivity contribution in [2.75, 3.05) is 25.8 Å². The van der Waals surface area contributed by atoms with E-state index in [9.17, 15) is 24.6 Å². The van der Waals surface area contributed by atoms with Crippen LogP contribution in [0, 0.1) is 5.92 Å². The fourth-order valence-corrected chi connectivity index (χ4v) is 4.97. The molecular formula is C35H53N5O7. The van der Waals surface area contributed by atoms with Crippen LogP contribution in [0.15, 0.2) is 42.6 Å². The largest absolute Gasteiger partial charge is 0.508 e. The molecule has 0 aliphatic rings. The average Bonchev–Trinajstić information content (AvgIpc) is 3.36. The molecule has 12 nitrogen and oxygen atoms in total. The van der Waals surface area contributed by atoms with Crippen LogP contribution in [-0.2, 0) is 26.1 Å². The number of hydrogen-bond acceptors (Lipinski definition) is 9. The molecule has 0 aliphatic heterocycles. The molecule has 1 aromatic heterocycles. The summed E-state index contributed by atoms with van der Waals surface area (Å²) in [7, 11) is 5.36. The number of hydrazine groups is 1. The molecule has 3 rings (SSSR count). The molecule has 1 heterocycles. The summed E-state index contributed by atoms with van der Waals surface area (Å²) in [5.74, 6) is 0.294. The maximum Gasteiger partial charge on any atom is 0.407 e. The van der Waals surface area contributed by atoms with E-state index in [4.69, 9.17) is 9.47 Å². The summed E-state index contributed by atoms with van der Waals surface area (Å²) in [5.41, 5.74) is 5.85. The van der Waals surface area contributed by atoms with Gasteiger partial charge in [0.2, 0.25) is 6.41 Å². The van der Waals surface area contributed by atoms with Gasteiger partial charge in [-0.25, -0.2) is 10.2 Å². The molecule has 0 spiro atoms. The molecule has 3 aromatic rings. The number of fused-ring (bicyclic) bond motifs is 1. The van der Waals surface area contributed by atoms with Crippen LogP contribution in [0.1, 0.15) is 84.5 Å². The molecule has 2 atom stereocenters. The number of phenols is 2. The third kappa shape index (κ3) is 11.5. The summed E-state index contributed by atoms with van der Waals surface area (Å²) in [6.45, 7) is 13.4. The summed E-state index contributed by atoms with van der Waals surface area (Å²) < 4.78 is 12.3. The molecule has 2 unspecified atom stereocenters. The smallest absolute Gasteiger partial charge is 0.407 e. The number of rotatable bonds is 14. The zero-order valence-electron chi connectivity index (χ0n) is 29.4. The van der Waals surface area contributed by atoms with Gasteiger partial charge in [0.15, 0.2) is 0 Å². The quantitative estimate of drug-likeness (QED) is 0.0943. The van der Waals surface area contributed by atoms with Crippen molar-refractivity contribution in [1.29, 1.82) is 0 Å². The maximum atomic E-state index is 11.6. The van der Waals surface area contributed by atoms with E-state index in [0.29, 0.717) is 30.4 Å². The van der Waals surface area contributed by atoms with Crippen LogP contribution in [0.4, 0.5) is 10.5 Å². The minimum absolute atomic E-state index is 0.0138. The van der Waals surface area contributed by atoms with E-state index in [0.717, 1.165) is 22.9 Å². The lowest BCUT2D eigenvalue weighted by atomic mass is 9.97. The normalized spacial score (nSPS) is 12.7. The van der Waals surface area contributed by atoms with E-state index in [1.807, 2.05) is 102 Å². The summed E-state index contributed by atoms with van der Waals surface area (Å²) in [6.07, 6.45) is 3.57. The third-order valence-electron chi connectivity index (χ3n) is 7.54. The number of carbonyl (C=O) groups excluding carboxylic acids is 3. The number of anilines is 1. The number of aromatic hydroxyl groups is 2. The monoisotopic (exact) mass is 655 g/mol. The first kappa shape index (κ1) is 38.9. The number of nitrogens with one attached hydrogen (secondary N) is 2. The van der Waals surface area contributed by atoms with Crippen molar-refractivity contribution in [2.45, 2.75) is 85.0 Å². The third-order valence-corrected chi connectivity index (χ3v) is 7.54. The number of carbonyl (C=O) groups is 3. The first-order valence-electron chi connectivity index (χ1n) is 15.8. The minimum atomic E-state index is -0.611. The van der Waals surface area contributed by atoms with E-state index in [1.54, 1.807) is 6.07 Å². The minimum Gasteiger partial charge on any atom is -0.508 e. The van der Waals surface area contributed by atoms with Crippen molar-refractivity contribution >= 4 is 35.4 Å². The van der Waals surface area contributed by atoms with Crippen molar-refractivity contribution in [1.82, 2.24) is 20.3 Å². The number of phenolic OH excluding ortho intramolecular Hbond substituents is 2. The predicted molar refractivity (Wildman–Crippen MR) is 184 cm³/mol. The van der Waals surface area contributed by atoms with Crippen LogP contribution in [0.3, 0.4) is 0 Å². The average molecular weight is 656 g/mol. The molecule has 260 valence electrons. The second-order valence-corrected chi connectivity index (χ2v) is 13.2. The van der Waals surface area contributed by atoms with Gasteiger partial charge in [-0.1, -0.05) is 27.7 Å². The molecule has 0 bridgehead atoms. The van der Waals surface area contributed by atoms with Gasteiger partial charge < -0.3 is 39.3 Å². The van der Waals surface area contributed by atoms with Crippen LogP contribution < -0.4 is 15.6 Å². The fraction of sp³-hybridized carbons (Fsp3) is 0.514. The van der Waals surface area contributed by atoms with E-state index < -0.39 is 17.9 Å². The second kappa shape index (κ2) is 17.6. The van der Waals surface area contributed by atoms with E-state index in [1.165, 1.54) is 18.2 Å². The highest BCUT2D eigenvalue weighted by molar-refractivity contribution is 5.84. The molecule has 12 heteroatoms. The summed E-state index contributed by atoms with van der Waals surface area (Å²) in [5, 5.41) is 26.1. The Labute approximate surface area is 278 Å². The summed E-state index contributed by atoms with van der Waals surface area (Å²) in [6, 6.07) is 11.2. The fourth-order valence-electron chi connectivity index (χ4n) is 4.97. The Kier molecular flexibility index (Phi) is 14.5. The summed E-state index contributed by atoms with van der Waals surface area (Å²) in [4.78, 5) is 35.3. The molecule has 2 amide bonds. The van der Waals surface area contributed by atoms with Crippen molar-refractivity contribution < 1.29 is 34.1 Å². The van der Waals surface area contributed by atoms with Crippen molar-refractivity contribution in [3.63, 3.8) is 0 Å². The predicted octanol–water partition coefficient (Wildman–Crippen LogP) is 5.93. The van der Waals surface area contributed by atoms with Gasteiger partial charge >= 0.3 is 6.09 Å². The SMILES string of the molecule is CC(C)C(CCC=O)NC(=O)OC(C)(C)C.COCN(C=O)NC(c1cc(C(C)C)c(O)cc1O)N(C)c1ccc2c(ccn2C)c1. The van der Waals surface area contributed by atoms with Gasteiger partial charge in [0.1, 0.15) is 36.3 Å². The highest BCUT2D eigenvalue weighted by atomic mass is 16.6. The Morgan fingerprint density at radius 2 is 1.68 bits per heavy atom. The van der Waals surface area contributed by atoms with Gasteiger partial charge in [0.25, 0.3) is 0 Å². The number of aldehydes is 1. The maximum absolute atomic E-state index is 11.6. The van der Waals surface area contributed by atoms with Gasteiger partial charge in [-0.15, -0.1) is 0 Å². The number of nitrogens with zero attached hydrogens (tertiary/aromatic N) is 3. The van der Waals surface area contributed by atoms with Crippen LogP contribution >= 0.6 is 0 Å². The van der Waals surface area contributed by atoms with Gasteiger partial charge in [0.05, 0.1) is 0 Å². The molecule has 47 heavy (non-hydrogen) atoms. The lowest BCUT2D eigenvalue weighted by Gasteiger charge is -2.35. The Bertz CT molecular complexity index is 1460. The number of ether oxygens (including phenoxy) is 2. The molecule has 2 aromatic carbocycles. The lowest BCUT2D eigenvalue weighted by Crippen LogP contribution is -2.46. The zero-order valence-corrected chi connectivity index (χ0v) is 29.4. The Balaban J connectivity index is 0.000000407. The molecular weight excluding hydrogens is 602 g/mol. The highest BCUT2D eigenvalue weighted by Gasteiger charge is 2.26. The van der Waals surface area contributed by atoms with E-state index in [2.05, 4.69) is 10.7 Å².